The Labute approximate surface area is 133 Å². The van der Waals surface area contributed by atoms with E-state index in [4.69, 9.17) is 4.74 Å². The van der Waals surface area contributed by atoms with Crippen LogP contribution in [0.2, 0.25) is 0 Å². The zero-order valence-electron chi connectivity index (χ0n) is 12.6. The summed E-state index contributed by atoms with van der Waals surface area (Å²) in [5.74, 6) is 1.08. The molecule has 0 spiro atoms. The largest absolute Gasteiger partial charge is 0.496 e. The second kappa shape index (κ2) is 7.84. The van der Waals surface area contributed by atoms with Gasteiger partial charge in [-0.05, 0) is 25.1 Å². The summed E-state index contributed by atoms with van der Waals surface area (Å²) in [6, 6.07) is 12.1. The van der Waals surface area contributed by atoms with Crippen LogP contribution in [0.15, 0.2) is 42.5 Å². The fourth-order valence-electron chi connectivity index (χ4n) is 2.02. The SMILES string of the molecule is COc1ccc(C)cc1CSCC(=O)Nc1ccccc1F. The van der Waals surface area contributed by atoms with Crippen molar-refractivity contribution < 1.29 is 13.9 Å². The molecular formula is C17H18FNO2S. The maximum Gasteiger partial charge on any atom is 0.234 e. The molecule has 0 aliphatic heterocycles. The van der Waals surface area contributed by atoms with Crippen molar-refractivity contribution in [2.45, 2.75) is 12.7 Å². The number of ether oxygens (including phenoxy) is 1. The molecule has 0 atom stereocenters. The van der Waals surface area contributed by atoms with E-state index in [1.54, 1.807) is 25.3 Å². The zero-order valence-corrected chi connectivity index (χ0v) is 13.4. The first kappa shape index (κ1) is 16.4. The van der Waals surface area contributed by atoms with Crippen molar-refractivity contribution in [2.75, 3.05) is 18.2 Å². The van der Waals surface area contributed by atoms with Crippen molar-refractivity contribution in [1.29, 1.82) is 0 Å². The molecular weight excluding hydrogens is 301 g/mol. The number of hydrogen-bond donors (Lipinski definition) is 1. The molecule has 0 radical (unpaired) electrons. The van der Waals surface area contributed by atoms with Gasteiger partial charge in [0.15, 0.2) is 0 Å². The summed E-state index contributed by atoms with van der Waals surface area (Å²) in [5.41, 5.74) is 2.40. The van der Waals surface area contributed by atoms with E-state index < -0.39 is 5.82 Å². The van der Waals surface area contributed by atoms with Crippen LogP contribution in [0.5, 0.6) is 5.75 Å². The van der Waals surface area contributed by atoms with Crippen LogP contribution >= 0.6 is 11.8 Å². The second-order valence-corrected chi connectivity index (χ2v) is 5.82. The normalized spacial score (nSPS) is 10.3. The number of thioether (sulfide) groups is 1. The molecule has 116 valence electrons. The molecule has 1 N–H and O–H groups in total. The number of methoxy groups -OCH3 is 1. The third-order valence-electron chi connectivity index (χ3n) is 3.07. The molecule has 0 saturated heterocycles. The molecule has 0 aliphatic rings. The van der Waals surface area contributed by atoms with Gasteiger partial charge in [0.25, 0.3) is 0 Å². The van der Waals surface area contributed by atoms with E-state index in [2.05, 4.69) is 5.32 Å². The first-order valence-corrected chi connectivity index (χ1v) is 8.01. The van der Waals surface area contributed by atoms with Crippen LogP contribution in [0.4, 0.5) is 10.1 Å². The number of carbonyl (C=O) groups is 1. The highest BCUT2D eigenvalue weighted by molar-refractivity contribution is 7.99. The molecule has 22 heavy (non-hydrogen) atoms. The van der Waals surface area contributed by atoms with Gasteiger partial charge in [0.05, 0.1) is 18.6 Å². The number of nitrogens with one attached hydrogen (secondary N) is 1. The van der Waals surface area contributed by atoms with Crippen molar-refractivity contribution >= 4 is 23.4 Å². The summed E-state index contributed by atoms with van der Waals surface area (Å²) < 4.78 is 18.7. The molecule has 2 aromatic rings. The molecule has 0 saturated carbocycles. The first-order valence-electron chi connectivity index (χ1n) is 6.86. The van der Waals surface area contributed by atoms with E-state index in [1.807, 2.05) is 25.1 Å². The number of benzene rings is 2. The van der Waals surface area contributed by atoms with Gasteiger partial charge in [-0.2, -0.15) is 0 Å². The van der Waals surface area contributed by atoms with Crippen LogP contribution in [-0.2, 0) is 10.5 Å². The van der Waals surface area contributed by atoms with E-state index in [0.717, 1.165) is 16.9 Å². The lowest BCUT2D eigenvalue weighted by Gasteiger charge is -2.10. The molecule has 2 rings (SSSR count). The summed E-state index contributed by atoms with van der Waals surface area (Å²) in [7, 11) is 1.63. The zero-order chi connectivity index (χ0) is 15.9. The Morgan fingerprint density at radius 3 is 2.77 bits per heavy atom. The van der Waals surface area contributed by atoms with Gasteiger partial charge in [-0.15, -0.1) is 11.8 Å². The van der Waals surface area contributed by atoms with Crippen molar-refractivity contribution in [2.24, 2.45) is 0 Å². The van der Waals surface area contributed by atoms with Gasteiger partial charge in [-0.25, -0.2) is 4.39 Å². The quantitative estimate of drug-likeness (QED) is 0.874. The summed E-state index contributed by atoms with van der Waals surface area (Å²) in [4.78, 5) is 11.8. The van der Waals surface area contributed by atoms with Crippen molar-refractivity contribution in [3.8, 4) is 5.75 Å². The minimum absolute atomic E-state index is 0.209. The Kier molecular flexibility index (Phi) is 5.83. The van der Waals surface area contributed by atoms with Gasteiger partial charge in [0.1, 0.15) is 11.6 Å². The molecule has 3 nitrogen and oxygen atoms in total. The van der Waals surface area contributed by atoms with E-state index >= 15 is 0 Å². The number of aryl methyl sites for hydroxylation is 1. The smallest absolute Gasteiger partial charge is 0.234 e. The molecule has 0 aliphatic carbocycles. The molecule has 0 fully saturated rings. The Bertz CT molecular complexity index is 661. The molecule has 0 bridgehead atoms. The highest BCUT2D eigenvalue weighted by Gasteiger charge is 2.08. The van der Waals surface area contributed by atoms with Crippen LogP contribution in [0.1, 0.15) is 11.1 Å². The average Bonchev–Trinajstić information content (AvgIpc) is 2.50. The molecule has 0 heterocycles. The van der Waals surface area contributed by atoms with Crippen LogP contribution in [0.3, 0.4) is 0 Å². The van der Waals surface area contributed by atoms with Gasteiger partial charge in [-0.3, -0.25) is 4.79 Å². The Morgan fingerprint density at radius 1 is 1.27 bits per heavy atom. The fraction of sp³-hybridized carbons (Fsp3) is 0.235. The van der Waals surface area contributed by atoms with Crippen LogP contribution in [0.25, 0.3) is 0 Å². The number of halogens is 1. The Hall–Kier alpha value is -2.01. The maximum atomic E-state index is 13.4. The third-order valence-corrected chi connectivity index (χ3v) is 4.06. The number of carbonyl (C=O) groups excluding carboxylic acids is 1. The van der Waals surface area contributed by atoms with Crippen LogP contribution < -0.4 is 10.1 Å². The summed E-state index contributed by atoms with van der Waals surface area (Å²) in [5, 5.41) is 2.57. The summed E-state index contributed by atoms with van der Waals surface area (Å²) in [6.07, 6.45) is 0. The Morgan fingerprint density at radius 2 is 2.05 bits per heavy atom. The van der Waals surface area contributed by atoms with Gasteiger partial charge >= 0.3 is 0 Å². The highest BCUT2D eigenvalue weighted by atomic mass is 32.2. The van der Waals surface area contributed by atoms with Crippen molar-refractivity contribution in [3.05, 3.63) is 59.4 Å². The summed E-state index contributed by atoms with van der Waals surface area (Å²) in [6.45, 7) is 2.01. The van der Waals surface area contributed by atoms with Crippen LogP contribution in [0, 0.1) is 12.7 Å². The van der Waals surface area contributed by atoms with Gasteiger partial charge in [0.2, 0.25) is 5.91 Å². The molecule has 0 aromatic heterocycles. The number of amides is 1. The minimum atomic E-state index is -0.429. The van der Waals surface area contributed by atoms with Gasteiger partial charge in [0, 0.05) is 11.3 Å². The Balaban J connectivity index is 1.87. The monoisotopic (exact) mass is 319 g/mol. The van der Waals surface area contributed by atoms with Gasteiger partial charge < -0.3 is 10.1 Å². The predicted octanol–water partition coefficient (Wildman–Crippen LogP) is 4.01. The number of para-hydroxylation sites is 1. The standard InChI is InChI=1S/C17H18FNO2S/c1-12-7-8-16(21-2)13(9-12)10-22-11-17(20)19-15-6-4-3-5-14(15)18/h3-9H,10-11H2,1-2H3,(H,19,20). The van der Waals surface area contributed by atoms with Crippen LogP contribution in [-0.4, -0.2) is 18.8 Å². The van der Waals surface area contributed by atoms with E-state index in [-0.39, 0.29) is 17.3 Å². The lowest BCUT2D eigenvalue weighted by atomic mass is 10.1. The lowest BCUT2D eigenvalue weighted by molar-refractivity contribution is -0.113. The second-order valence-electron chi connectivity index (χ2n) is 4.84. The maximum absolute atomic E-state index is 13.4. The molecule has 2 aromatic carbocycles. The highest BCUT2D eigenvalue weighted by Crippen LogP contribution is 2.24. The molecule has 1 amide bonds. The third kappa shape index (κ3) is 4.49. The number of anilines is 1. The lowest BCUT2D eigenvalue weighted by Crippen LogP contribution is -2.15. The number of rotatable bonds is 6. The minimum Gasteiger partial charge on any atom is -0.496 e. The number of hydrogen-bond acceptors (Lipinski definition) is 3. The topological polar surface area (TPSA) is 38.3 Å². The van der Waals surface area contributed by atoms with Gasteiger partial charge in [-0.1, -0.05) is 29.8 Å². The van der Waals surface area contributed by atoms with Crippen molar-refractivity contribution in [3.63, 3.8) is 0 Å². The molecule has 5 heteroatoms. The van der Waals surface area contributed by atoms with E-state index in [9.17, 15) is 9.18 Å². The van der Waals surface area contributed by atoms with Crippen molar-refractivity contribution in [1.82, 2.24) is 0 Å². The van der Waals surface area contributed by atoms with E-state index in [1.165, 1.54) is 17.8 Å². The first-order chi connectivity index (χ1) is 10.6. The fourth-order valence-corrected chi connectivity index (χ4v) is 2.83. The van der Waals surface area contributed by atoms with E-state index in [0.29, 0.717) is 5.75 Å². The summed E-state index contributed by atoms with van der Waals surface area (Å²) >= 11 is 1.46. The average molecular weight is 319 g/mol. The predicted molar refractivity (Wildman–Crippen MR) is 88.9 cm³/mol. The molecule has 0 unspecified atom stereocenters.